The quantitative estimate of drug-likeness (QED) is 0.150. The Balaban J connectivity index is 2.13. The zero-order valence-corrected chi connectivity index (χ0v) is 27.2. The van der Waals surface area contributed by atoms with E-state index in [1.807, 2.05) is 81.2 Å². The fourth-order valence-electron chi connectivity index (χ4n) is 4.47. The van der Waals surface area contributed by atoms with Crippen LogP contribution < -0.4 is 15.9 Å². The molecule has 214 valence electrons. The average Bonchev–Trinajstić information content (AvgIpc) is 2.86. The largest absolute Gasteiger partial charge is 0.460 e. The molecular weight excluding hydrogens is 531 g/mol. The third kappa shape index (κ3) is 8.16. The molecular formula is C34H45O4PSi. The molecule has 4 nitrogen and oxygen atoms in total. The Labute approximate surface area is 242 Å². The Morgan fingerprint density at radius 2 is 1.12 bits per heavy atom. The highest BCUT2D eigenvalue weighted by Gasteiger charge is 2.40. The second-order valence-electron chi connectivity index (χ2n) is 12.8. The number of hydrogen-bond donors (Lipinski definition) is 0. The van der Waals surface area contributed by atoms with Gasteiger partial charge in [-0.25, -0.2) is 0 Å². The van der Waals surface area contributed by atoms with Crippen molar-refractivity contribution < 1.29 is 18.8 Å². The van der Waals surface area contributed by atoms with Gasteiger partial charge in [0.05, 0.1) is 12.5 Å². The molecule has 0 heterocycles. The van der Waals surface area contributed by atoms with Crippen LogP contribution >= 0.6 is 6.89 Å². The fourth-order valence-corrected chi connectivity index (χ4v) is 9.63. The van der Waals surface area contributed by atoms with E-state index in [4.69, 9.17) is 9.16 Å². The van der Waals surface area contributed by atoms with Crippen molar-refractivity contribution in [1.29, 1.82) is 0 Å². The number of carbonyl (C=O) groups excluding carboxylic acids is 2. The summed E-state index contributed by atoms with van der Waals surface area (Å²) in [5.41, 5.74) is -0.608. The van der Waals surface area contributed by atoms with E-state index < -0.39 is 26.9 Å². The topological polar surface area (TPSA) is 52.6 Å². The van der Waals surface area contributed by atoms with Gasteiger partial charge in [0.25, 0.3) is 0 Å². The molecule has 0 fully saturated rings. The third-order valence-electron chi connectivity index (χ3n) is 7.34. The molecule has 0 aliphatic carbocycles. The maximum absolute atomic E-state index is 14.1. The Kier molecular flexibility index (Phi) is 10.2. The van der Waals surface area contributed by atoms with Gasteiger partial charge in [-0.05, 0) is 67.5 Å². The van der Waals surface area contributed by atoms with Crippen LogP contribution in [-0.4, -0.2) is 37.6 Å². The number of benzene rings is 3. The molecule has 0 amide bonds. The van der Waals surface area contributed by atoms with Gasteiger partial charge in [-0.1, -0.05) is 112 Å². The van der Waals surface area contributed by atoms with Crippen molar-refractivity contribution >= 4 is 48.7 Å². The van der Waals surface area contributed by atoms with Crippen LogP contribution in [0.25, 0.3) is 0 Å². The van der Waals surface area contributed by atoms with Crippen LogP contribution in [0.4, 0.5) is 0 Å². The van der Waals surface area contributed by atoms with E-state index in [1.165, 1.54) is 0 Å². The zero-order valence-electron chi connectivity index (χ0n) is 25.3. The molecule has 3 aromatic carbocycles. The zero-order chi connectivity index (χ0) is 29.6. The number of carbonyl (C=O) groups is 2. The summed E-state index contributed by atoms with van der Waals surface area (Å²) in [6.07, 6.45) is -0.416. The van der Waals surface area contributed by atoms with Crippen molar-refractivity contribution in [3.8, 4) is 0 Å². The number of ether oxygens (including phenoxy) is 1. The van der Waals surface area contributed by atoms with Gasteiger partial charge >= 0.3 is 5.97 Å². The summed E-state index contributed by atoms with van der Waals surface area (Å²) >= 11 is 0. The number of Topliss-reactive ketones (excluding diaryl/α,β-unsaturated/α-hetero) is 1. The number of rotatable bonds is 10. The molecule has 1 unspecified atom stereocenters. The van der Waals surface area contributed by atoms with E-state index in [1.54, 1.807) is 0 Å². The predicted molar refractivity (Wildman–Crippen MR) is 173 cm³/mol. The molecule has 0 saturated carbocycles. The van der Waals surface area contributed by atoms with Crippen LogP contribution in [-0.2, 0) is 18.8 Å². The summed E-state index contributed by atoms with van der Waals surface area (Å²) in [5.74, 6) is 1.56. The molecule has 0 aliphatic heterocycles. The van der Waals surface area contributed by atoms with E-state index in [2.05, 4.69) is 70.3 Å². The third-order valence-corrected chi connectivity index (χ3v) is 15.9. The first-order valence-electron chi connectivity index (χ1n) is 14.0. The van der Waals surface area contributed by atoms with Gasteiger partial charge < -0.3 is 9.16 Å². The molecule has 3 rings (SSSR count). The SMILES string of the molecule is CC(C)(C)OC(=O)CC(CC(=O)C=P(c1ccccc1)(c1ccccc1)c1ccccc1)O[Si](C)(C)C(C)(C)C. The molecule has 0 N–H and O–H groups in total. The highest BCUT2D eigenvalue weighted by molar-refractivity contribution is 7.95. The van der Waals surface area contributed by atoms with Crippen molar-refractivity contribution in [3.63, 3.8) is 0 Å². The molecule has 40 heavy (non-hydrogen) atoms. The van der Waals surface area contributed by atoms with Crippen LogP contribution in [0.15, 0.2) is 91.0 Å². The van der Waals surface area contributed by atoms with E-state index in [0.717, 1.165) is 15.9 Å². The van der Waals surface area contributed by atoms with Gasteiger partial charge in [0.15, 0.2) is 14.1 Å². The van der Waals surface area contributed by atoms with E-state index in [9.17, 15) is 9.59 Å². The Bertz CT molecular complexity index is 1220. The smallest absolute Gasteiger partial charge is 0.308 e. The molecule has 1 atom stereocenters. The second kappa shape index (κ2) is 12.8. The first kappa shape index (κ1) is 31.8. The van der Waals surface area contributed by atoms with Gasteiger partial charge in [0.2, 0.25) is 0 Å². The van der Waals surface area contributed by atoms with Crippen LogP contribution in [0.5, 0.6) is 0 Å². The maximum atomic E-state index is 14.1. The van der Waals surface area contributed by atoms with Crippen LogP contribution in [0.2, 0.25) is 18.1 Å². The maximum Gasteiger partial charge on any atom is 0.308 e. The van der Waals surface area contributed by atoms with Gasteiger partial charge in [-0.3, -0.25) is 9.59 Å². The second-order valence-corrected chi connectivity index (χ2v) is 20.8. The molecule has 0 aromatic heterocycles. The minimum Gasteiger partial charge on any atom is -0.460 e. The predicted octanol–water partition coefficient (Wildman–Crippen LogP) is 6.86. The van der Waals surface area contributed by atoms with Crippen LogP contribution in [0.3, 0.4) is 0 Å². The summed E-state index contributed by atoms with van der Waals surface area (Å²) in [5, 5.41) is 3.25. The Hall–Kier alpha value is -2.72. The molecule has 6 heteroatoms. The summed E-state index contributed by atoms with van der Waals surface area (Å²) in [6, 6.07) is 30.8. The lowest BCUT2D eigenvalue weighted by atomic mass is 10.1. The summed E-state index contributed by atoms with van der Waals surface area (Å²) in [4.78, 5) is 27.1. The molecule has 0 radical (unpaired) electrons. The fraction of sp³-hybridized carbons (Fsp3) is 0.382. The highest BCUT2D eigenvalue weighted by atomic mass is 31.2. The summed E-state index contributed by atoms with van der Waals surface area (Å²) < 4.78 is 12.3. The summed E-state index contributed by atoms with van der Waals surface area (Å²) in [7, 11) is -2.28. The van der Waals surface area contributed by atoms with Gasteiger partial charge in [-0.2, -0.15) is 0 Å². The lowest BCUT2D eigenvalue weighted by Crippen LogP contribution is -2.45. The number of ketones is 1. The van der Waals surface area contributed by atoms with E-state index in [-0.39, 0.29) is 29.6 Å². The normalized spacial score (nSPS) is 13.4. The number of hydrogen-bond acceptors (Lipinski definition) is 4. The molecule has 0 saturated heterocycles. The van der Waals surface area contributed by atoms with E-state index in [0.29, 0.717) is 0 Å². The summed E-state index contributed by atoms with van der Waals surface area (Å²) in [6.45, 7) is 13.9. The lowest BCUT2D eigenvalue weighted by Gasteiger charge is -2.39. The molecule has 0 bridgehead atoms. The first-order valence-corrected chi connectivity index (χ1v) is 18.7. The number of esters is 1. The van der Waals surface area contributed by atoms with E-state index >= 15 is 0 Å². The first-order chi connectivity index (χ1) is 18.6. The van der Waals surface area contributed by atoms with Crippen molar-refractivity contribution in [1.82, 2.24) is 0 Å². The van der Waals surface area contributed by atoms with Crippen LogP contribution in [0, 0.1) is 0 Å². The highest BCUT2D eigenvalue weighted by Crippen LogP contribution is 2.44. The lowest BCUT2D eigenvalue weighted by molar-refractivity contribution is -0.156. The van der Waals surface area contributed by atoms with Crippen molar-refractivity contribution in [2.24, 2.45) is 0 Å². The van der Waals surface area contributed by atoms with Crippen molar-refractivity contribution in [2.45, 2.75) is 84.2 Å². The molecule has 0 aliphatic rings. The minimum atomic E-state index is -2.45. The average molecular weight is 577 g/mol. The Morgan fingerprint density at radius 3 is 1.48 bits per heavy atom. The van der Waals surface area contributed by atoms with Gasteiger partial charge in [-0.15, -0.1) is 0 Å². The molecule has 0 spiro atoms. The molecule has 3 aromatic rings. The van der Waals surface area contributed by atoms with Gasteiger partial charge in [0.1, 0.15) is 5.60 Å². The van der Waals surface area contributed by atoms with Crippen LogP contribution in [0.1, 0.15) is 54.4 Å². The van der Waals surface area contributed by atoms with Crippen molar-refractivity contribution in [3.05, 3.63) is 91.0 Å². The Morgan fingerprint density at radius 1 is 0.725 bits per heavy atom. The minimum absolute atomic E-state index is 0.0304. The van der Waals surface area contributed by atoms with Gasteiger partial charge in [0, 0.05) is 6.42 Å². The monoisotopic (exact) mass is 576 g/mol. The van der Waals surface area contributed by atoms with Crippen molar-refractivity contribution in [2.75, 3.05) is 0 Å². The standard InChI is InChI=1S/C34H45O4PSi/c1-33(2,3)37-32(36)25-28(38-40(7,8)34(4,5)6)24-27(35)26-39(29-18-12-9-13-19-29,30-20-14-10-15-21-30)31-22-16-11-17-23-31/h9-23,26,28H,24-25H2,1-8H3.